The molecule has 1 heterocycles. The van der Waals surface area contributed by atoms with Crippen molar-refractivity contribution in [2.75, 3.05) is 43.9 Å². The zero-order valence-corrected chi connectivity index (χ0v) is 20.4. The number of hydrogen-bond donors (Lipinski definition) is 0. The van der Waals surface area contributed by atoms with Gasteiger partial charge in [-0.2, -0.15) is 0 Å². The maximum Gasteiger partial charge on any atom is 0.239 e. The summed E-state index contributed by atoms with van der Waals surface area (Å²) in [5.41, 5.74) is 2.25. The highest BCUT2D eigenvalue weighted by Gasteiger charge is 2.21. The van der Waals surface area contributed by atoms with Crippen molar-refractivity contribution in [3.63, 3.8) is 0 Å². The van der Waals surface area contributed by atoms with E-state index in [0.717, 1.165) is 52.0 Å². The second kappa shape index (κ2) is 11.5. The van der Waals surface area contributed by atoms with Gasteiger partial charge in [0.2, 0.25) is 5.91 Å². The summed E-state index contributed by atoms with van der Waals surface area (Å²) in [4.78, 5) is 23.4. The molecule has 0 N–H and O–H groups in total. The van der Waals surface area contributed by atoms with Gasteiger partial charge in [-0.25, -0.2) is 4.98 Å². The van der Waals surface area contributed by atoms with E-state index >= 15 is 0 Å². The molecule has 2 aromatic carbocycles. The molecule has 1 aromatic heterocycles. The zero-order valence-electron chi connectivity index (χ0n) is 18.8. The van der Waals surface area contributed by atoms with Crippen LogP contribution in [-0.4, -0.2) is 54.8 Å². The van der Waals surface area contributed by atoms with Crippen LogP contribution in [0.3, 0.4) is 0 Å². The highest BCUT2D eigenvalue weighted by molar-refractivity contribution is 8.00. The van der Waals surface area contributed by atoms with E-state index in [-0.39, 0.29) is 5.91 Å². The van der Waals surface area contributed by atoms with Crippen LogP contribution in [0, 0.1) is 0 Å². The fourth-order valence-corrected chi connectivity index (χ4v) is 5.23. The summed E-state index contributed by atoms with van der Waals surface area (Å²) < 4.78 is 6.35. The standard InChI is InChI=1S/C24H31N3O2S2/c1-5-18-9-8-10-21-23(18)25-24(31-21)27(16-15-26(6-2)7-3)22(28)17-30-20-13-11-19(29-4)12-14-20/h8-14H,5-7,15-17H2,1-4H3. The Bertz CT molecular complexity index is 984. The van der Waals surface area contributed by atoms with Crippen LogP contribution in [0.2, 0.25) is 0 Å². The lowest BCUT2D eigenvalue weighted by Gasteiger charge is -2.24. The number of aromatic nitrogens is 1. The fraction of sp³-hybridized carbons (Fsp3) is 0.417. The molecule has 3 aromatic rings. The SMILES string of the molecule is CCc1cccc2sc(N(CCN(CC)CC)C(=O)CSc3ccc(OC)cc3)nc12. The van der Waals surface area contributed by atoms with Crippen LogP contribution in [0.25, 0.3) is 10.2 Å². The van der Waals surface area contributed by atoms with Crippen LogP contribution in [-0.2, 0) is 11.2 Å². The molecule has 0 aliphatic rings. The molecule has 3 rings (SSSR count). The highest BCUT2D eigenvalue weighted by atomic mass is 32.2. The summed E-state index contributed by atoms with van der Waals surface area (Å²) in [6.45, 7) is 9.87. The number of hydrogen-bond acceptors (Lipinski definition) is 6. The number of fused-ring (bicyclic) bond motifs is 1. The number of methoxy groups -OCH3 is 1. The van der Waals surface area contributed by atoms with Gasteiger partial charge in [0, 0.05) is 18.0 Å². The van der Waals surface area contributed by atoms with Crippen molar-refractivity contribution in [1.82, 2.24) is 9.88 Å². The summed E-state index contributed by atoms with van der Waals surface area (Å²) in [5.74, 6) is 1.28. The summed E-state index contributed by atoms with van der Waals surface area (Å²) >= 11 is 3.15. The number of anilines is 1. The first-order valence-corrected chi connectivity index (χ1v) is 12.6. The molecule has 0 fully saturated rings. The second-order valence-corrected chi connectivity index (χ2v) is 9.21. The van der Waals surface area contributed by atoms with E-state index in [1.54, 1.807) is 30.2 Å². The molecular weight excluding hydrogens is 426 g/mol. The van der Waals surface area contributed by atoms with E-state index in [0.29, 0.717) is 12.3 Å². The number of likely N-dealkylation sites (N-methyl/N-ethyl adjacent to an activating group) is 1. The van der Waals surface area contributed by atoms with Crippen LogP contribution in [0.5, 0.6) is 5.75 Å². The van der Waals surface area contributed by atoms with E-state index < -0.39 is 0 Å². The molecule has 0 unspecified atom stereocenters. The van der Waals surface area contributed by atoms with Gasteiger partial charge in [-0.1, -0.05) is 44.2 Å². The maximum atomic E-state index is 13.3. The predicted molar refractivity (Wildman–Crippen MR) is 133 cm³/mol. The number of carbonyl (C=O) groups is 1. The molecule has 0 aliphatic carbocycles. The molecule has 1 amide bonds. The van der Waals surface area contributed by atoms with Crippen LogP contribution in [0.15, 0.2) is 47.4 Å². The van der Waals surface area contributed by atoms with Gasteiger partial charge in [0.25, 0.3) is 0 Å². The van der Waals surface area contributed by atoms with Gasteiger partial charge in [-0.3, -0.25) is 9.69 Å². The number of benzene rings is 2. The first kappa shape index (κ1) is 23.6. The summed E-state index contributed by atoms with van der Waals surface area (Å²) in [6.07, 6.45) is 0.932. The van der Waals surface area contributed by atoms with E-state index in [4.69, 9.17) is 9.72 Å². The van der Waals surface area contributed by atoms with Gasteiger partial charge < -0.3 is 9.64 Å². The van der Waals surface area contributed by atoms with E-state index in [1.165, 1.54) is 5.56 Å². The minimum Gasteiger partial charge on any atom is -0.497 e. The summed E-state index contributed by atoms with van der Waals surface area (Å²) in [7, 11) is 1.65. The minimum atomic E-state index is 0.0880. The maximum absolute atomic E-state index is 13.3. The van der Waals surface area contributed by atoms with Crippen LogP contribution in [0.1, 0.15) is 26.3 Å². The van der Waals surface area contributed by atoms with Gasteiger partial charge in [0.05, 0.1) is 23.1 Å². The Kier molecular flexibility index (Phi) is 8.75. The number of rotatable bonds is 11. The monoisotopic (exact) mass is 457 g/mol. The molecule has 0 spiro atoms. The van der Waals surface area contributed by atoms with Gasteiger partial charge in [-0.15, -0.1) is 11.8 Å². The average Bonchev–Trinajstić information content (AvgIpc) is 3.24. The van der Waals surface area contributed by atoms with Gasteiger partial charge >= 0.3 is 0 Å². The molecule has 0 saturated carbocycles. The highest BCUT2D eigenvalue weighted by Crippen LogP contribution is 2.32. The Hall–Kier alpha value is -2.09. The molecule has 0 aliphatic heterocycles. The number of amides is 1. The van der Waals surface area contributed by atoms with Crippen molar-refractivity contribution >= 4 is 44.4 Å². The normalized spacial score (nSPS) is 11.3. The number of thiazole rings is 1. The first-order valence-electron chi connectivity index (χ1n) is 10.8. The molecule has 31 heavy (non-hydrogen) atoms. The molecule has 0 saturated heterocycles. The van der Waals surface area contributed by atoms with E-state index in [2.05, 4.69) is 43.9 Å². The summed E-state index contributed by atoms with van der Waals surface area (Å²) in [5, 5.41) is 0.795. The average molecular weight is 458 g/mol. The van der Waals surface area contributed by atoms with Crippen molar-refractivity contribution in [2.24, 2.45) is 0 Å². The number of aryl methyl sites for hydroxylation is 1. The number of thioether (sulfide) groups is 1. The van der Waals surface area contributed by atoms with E-state index in [1.807, 2.05) is 29.2 Å². The first-order chi connectivity index (χ1) is 15.1. The third-order valence-electron chi connectivity index (χ3n) is 5.36. The molecular formula is C24H31N3O2S2. The van der Waals surface area contributed by atoms with Crippen molar-refractivity contribution in [2.45, 2.75) is 32.1 Å². The Morgan fingerprint density at radius 2 is 1.81 bits per heavy atom. The van der Waals surface area contributed by atoms with Crippen molar-refractivity contribution in [1.29, 1.82) is 0 Å². The van der Waals surface area contributed by atoms with Gasteiger partial charge in [-0.05, 0) is 55.4 Å². The molecule has 5 nitrogen and oxygen atoms in total. The smallest absolute Gasteiger partial charge is 0.239 e. The largest absolute Gasteiger partial charge is 0.497 e. The number of nitrogens with zero attached hydrogens (tertiary/aromatic N) is 3. The van der Waals surface area contributed by atoms with Crippen molar-refractivity contribution in [3.8, 4) is 5.75 Å². The molecule has 0 atom stereocenters. The Balaban J connectivity index is 1.80. The molecule has 0 radical (unpaired) electrons. The topological polar surface area (TPSA) is 45.7 Å². The molecule has 166 valence electrons. The van der Waals surface area contributed by atoms with Crippen LogP contribution >= 0.6 is 23.1 Å². The minimum absolute atomic E-state index is 0.0880. The predicted octanol–water partition coefficient (Wildman–Crippen LogP) is 5.33. The zero-order chi connectivity index (χ0) is 22.2. The Morgan fingerprint density at radius 3 is 2.45 bits per heavy atom. The third kappa shape index (κ3) is 5.99. The lowest BCUT2D eigenvalue weighted by molar-refractivity contribution is -0.116. The van der Waals surface area contributed by atoms with Crippen LogP contribution in [0.4, 0.5) is 5.13 Å². The van der Waals surface area contributed by atoms with Crippen molar-refractivity contribution in [3.05, 3.63) is 48.0 Å². The van der Waals surface area contributed by atoms with Gasteiger partial charge in [0.1, 0.15) is 5.75 Å². The second-order valence-electron chi connectivity index (χ2n) is 7.15. The Labute approximate surface area is 193 Å². The molecule has 0 bridgehead atoms. The number of carbonyl (C=O) groups excluding carboxylic acids is 1. The lowest BCUT2D eigenvalue weighted by atomic mass is 10.1. The Morgan fingerprint density at radius 1 is 1.06 bits per heavy atom. The van der Waals surface area contributed by atoms with Gasteiger partial charge in [0.15, 0.2) is 5.13 Å². The van der Waals surface area contributed by atoms with E-state index in [9.17, 15) is 4.79 Å². The number of ether oxygens (including phenoxy) is 1. The van der Waals surface area contributed by atoms with Crippen LogP contribution < -0.4 is 9.64 Å². The molecule has 7 heteroatoms. The lowest BCUT2D eigenvalue weighted by Crippen LogP contribution is -2.39. The summed E-state index contributed by atoms with van der Waals surface area (Å²) in [6, 6.07) is 14.1. The third-order valence-corrected chi connectivity index (χ3v) is 7.40. The quantitative estimate of drug-likeness (QED) is 0.364. The fourth-order valence-electron chi connectivity index (χ4n) is 3.40. The number of para-hydroxylation sites is 1. The van der Waals surface area contributed by atoms with Crippen molar-refractivity contribution < 1.29 is 9.53 Å².